The zero-order valence-electron chi connectivity index (χ0n) is 11.9. The van der Waals surface area contributed by atoms with Gasteiger partial charge in [-0.05, 0) is 44.5 Å². The minimum absolute atomic E-state index is 0.0674. The summed E-state index contributed by atoms with van der Waals surface area (Å²) in [4.78, 5) is 2.36. The molecule has 0 saturated carbocycles. The highest BCUT2D eigenvalue weighted by molar-refractivity contribution is 5.22. The van der Waals surface area contributed by atoms with Crippen molar-refractivity contribution in [1.29, 1.82) is 0 Å². The summed E-state index contributed by atoms with van der Waals surface area (Å²) in [6.07, 6.45) is 0.908. The number of rotatable bonds is 6. The Morgan fingerprint density at radius 2 is 1.72 bits per heavy atom. The second kappa shape index (κ2) is 6.86. The number of hydrogen-bond acceptors (Lipinski definition) is 2. The van der Waals surface area contributed by atoms with Gasteiger partial charge in [-0.2, -0.15) is 0 Å². The average Bonchev–Trinajstić information content (AvgIpc) is 2.36. The lowest BCUT2D eigenvalue weighted by molar-refractivity contribution is 0.138. The maximum absolute atomic E-state index is 13.0. The van der Waals surface area contributed by atoms with E-state index in [2.05, 4.69) is 32.6 Å². The Balaban J connectivity index is 3.07. The molecule has 0 aromatic heterocycles. The first-order valence-electron chi connectivity index (χ1n) is 6.78. The molecular weight excluding hydrogens is 227 g/mol. The van der Waals surface area contributed by atoms with Gasteiger partial charge in [0.25, 0.3) is 0 Å². The van der Waals surface area contributed by atoms with Crippen molar-refractivity contribution in [3.05, 3.63) is 35.6 Å². The molecule has 0 saturated heterocycles. The van der Waals surface area contributed by atoms with E-state index >= 15 is 0 Å². The largest absolute Gasteiger partial charge is 0.326 e. The Kier molecular flexibility index (Phi) is 5.76. The second-order valence-corrected chi connectivity index (χ2v) is 4.99. The molecular formula is C15H25FN2. The van der Waals surface area contributed by atoms with Gasteiger partial charge in [-0.25, -0.2) is 4.39 Å². The van der Waals surface area contributed by atoms with Gasteiger partial charge in [0, 0.05) is 12.1 Å². The summed E-state index contributed by atoms with van der Waals surface area (Å²) in [6, 6.07) is 7.36. The van der Waals surface area contributed by atoms with Crippen molar-refractivity contribution in [3.63, 3.8) is 0 Å². The zero-order chi connectivity index (χ0) is 13.7. The molecule has 0 aliphatic carbocycles. The number of nitrogens with zero attached hydrogens (tertiary/aromatic N) is 1. The van der Waals surface area contributed by atoms with Gasteiger partial charge in [0.2, 0.25) is 0 Å². The molecule has 0 aliphatic heterocycles. The topological polar surface area (TPSA) is 29.3 Å². The van der Waals surface area contributed by atoms with Crippen molar-refractivity contribution in [2.75, 3.05) is 6.54 Å². The van der Waals surface area contributed by atoms with E-state index in [1.54, 1.807) is 0 Å². The van der Waals surface area contributed by atoms with Crippen LogP contribution in [-0.4, -0.2) is 23.5 Å². The summed E-state index contributed by atoms with van der Waals surface area (Å²) in [7, 11) is 0. The predicted molar refractivity (Wildman–Crippen MR) is 74.9 cm³/mol. The van der Waals surface area contributed by atoms with Gasteiger partial charge >= 0.3 is 0 Å². The van der Waals surface area contributed by atoms with Crippen molar-refractivity contribution in [1.82, 2.24) is 4.90 Å². The minimum atomic E-state index is -0.199. The average molecular weight is 252 g/mol. The molecule has 0 spiro atoms. The molecule has 2 nitrogen and oxygen atoms in total. The van der Waals surface area contributed by atoms with Crippen LogP contribution in [0, 0.1) is 5.82 Å². The van der Waals surface area contributed by atoms with Crippen molar-refractivity contribution in [2.45, 2.75) is 52.2 Å². The molecule has 1 aromatic carbocycles. The van der Waals surface area contributed by atoms with Crippen LogP contribution >= 0.6 is 0 Å². The van der Waals surface area contributed by atoms with E-state index in [-0.39, 0.29) is 17.9 Å². The summed E-state index contributed by atoms with van der Waals surface area (Å²) in [6.45, 7) is 9.51. The van der Waals surface area contributed by atoms with Crippen LogP contribution in [-0.2, 0) is 0 Å². The van der Waals surface area contributed by atoms with Gasteiger partial charge in [-0.1, -0.05) is 26.0 Å². The minimum Gasteiger partial charge on any atom is -0.326 e. The highest BCUT2D eigenvalue weighted by atomic mass is 19.1. The highest BCUT2D eigenvalue weighted by Crippen LogP contribution is 2.27. The fraction of sp³-hybridized carbons (Fsp3) is 0.600. The lowest BCUT2D eigenvalue weighted by atomic mass is 9.95. The van der Waals surface area contributed by atoms with Crippen molar-refractivity contribution < 1.29 is 4.39 Å². The van der Waals surface area contributed by atoms with Gasteiger partial charge in [0.1, 0.15) is 5.82 Å². The molecule has 1 rings (SSSR count). The maximum atomic E-state index is 13.0. The van der Waals surface area contributed by atoms with Crippen molar-refractivity contribution >= 4 is 0 Å². The third kappa shape index (κ3) is 3.53. The zero-order valence-corrected chi connectivity index (χ0v) is 11.9. The van der Waals surface area contributed by atoms with E-state index < -0.39 is 0 Å². The van der Waals surface area contributed by atoms with Crippen molar-refractivity contribution in [3.8, 4) is 0 Å². The number of halogens is 1. The summed E-state index contributed by atoms with van der Waals surface area (Å²) >= 11 is 0. The van der Waals surface area contributed by atoms with Crippen LogP contribution in [0.15, 0.2) is 24.3 Å². The lowest BCUT2D eigenvalue weighted by Crippen LogP contribution is -2.44. The molecule has 0 fully saturated rings. The molecule has 18 heavy (non-hydrogen) atoms. The molecule has 0 bridgehead atoms. The molecule has 0 radical (unpaired) electrons. The van der Waals surface area contributed by atoms with E-state index in [9.17, 15) is 4.39 Å². The van der Waals surface area contributed by atoms with Crippen LogP contribution in [0.2, 0.25) is 0 Å². The highest BCUT2D eigenvalue weighted by Gasteiger charge is 2.26. The number of benzene rings is 1. The van der Waals surface area contributed by atoms with Gasteiger partial charge in [-0.15, -0.1) is 0 Å². The Hall–Kier alpha value is -0.930. The van der Waals surface area contributed by atoms with Crippen LogP contribution in [0.25, 0.3) is 0 Å². The normalized spacial score (nSPS) is 15.1. The predicted octanol–water partition coefficient (Wildman–Crippen LogP) is 3.33. The lowest BCUT2D eigenvalue weighted by Gasteiger charge is -2.37. The van der Waals surface area contributed by atoms with Crippen LogP contribution in [0.1, 0.15) is 45.7 Å². The van der Waals surface area contributed by atoms with Crippen LogP contribution in [0.5, 0.6) is 0 Å². The Bertz CT molecular complexity index is 348. The SMILES string of the molecule is CCC(N)C(c1ccc(F)cc1)N(CC)C(C)C. The first-order chi connectivity index (χ1) is 8.51. The summed E-state index contributed by atoms with van der Waals surface area (Å²) in [5.74, 6) is -0.199. The molecule has 0 amide bonds. The third-order valence-corrected chi connectivity index (χ3v) is 3.47. The molecule has 1 aromatic rings. The number of likely N-dealkylation sites (N-methyl/N-ethyl adjacent to an activating group) is 1. The van der Waals surface area contributed by atoms with Gasteiger partial charge in [-0.3, -0.25) is 4.90 Å². The van der Waals surface area contributed by atoms with Gasteiger partial charge in [0.15, 0.2) is 0 Å². The summed E-state index contributed by atoms with van der Waals surface area (Å²) in [5.41, 5.74) is 7.36. The van der Waals surface area contributed by atoms with Gasteiger partial charge in [0.05, 0.1) is 6.04 Å². The fourth-order valence-electron chi connectivity index (χ4n) is 2.45. The van der Waals surface area contributed by atoms with Crippen LogP contribution in [0.4, 0.5) is 4.39 Å². The summed E-state index contributed by atoms with van der Waals surface area (Å²) < 4.78 is 13.0. The smallest absolute Gasteiger partial charge is 0.123 e. The molecule has 3 heteroatoms. The van der Waals surface area contributed by atoms with E-state index in [1.165, 1.54) is 12.1 Å². The Morgan fingerprint density at radius 1 is 1.17 bits per heavy atom. The fourth-order valence-corrected chi connectivity index (χ4v) is 2.45. The number of nitrogens with two attached hydrogens (primary N) is 1. The molecule has 2 N–H and O–H groups in total. The van der Waals surface area contributed by atoms with E-state index in [0.29, 0.717) is 6.04 Å². The molecule has 2 atom stereocenters. The quantitative estimate of drug-likeness (QED) is 0.841. The van der Waals surface area contributed by atoms with E-state index in [0.717, 1.165) is 18.5 Å². The molecule has 2 unspecified atom stereocenters. The molecule has 0 heterocycles. The monoisotopic (exact) mass is 252 g/mol. The standard InChI is InChI=1S/C15H25FN2/c1-5-14(17)15(18(6-2)11(3)4)12-7-9-13(16)10-8-12/h7-11,14-15H,5-6,17H2,1-4H3. The Labute approximate surface area is 110 Å². The van der Waals surface area contributed by atoms with Crippen molar-refractivity contribution in [2.24, 2.45) is 5.73 Å². The van der Waals surface area contributed by atoms with Gasteiger partial charge < -0.3 is 5.73 Å². The molecule has 102 valence electrons. The first-order valence-corrected chi connectivity index (χ1v) is 6.78. The second-order valence-electron chi connectivity index (χ2n) is 4.99. The van der Waals surface area contributed by atoms with Crippen LogP contribution < -0.4 is 5.73 Å². The first kappa shape index (κ1) is 15.1. The molecule has 0 aliphatic rings. The maximum Gasteiger partial charge on any atom is 0.123 e. The van der Waals surface area contributed by atoms with Crippen LogP contribution in [0.3, 0.4) is 0 Å². The third-order valence-electron chi connectivity index (χ3n) is 3.47. The Morgan fingerprint density at radius 3 is 2.11 bits per heavy atom. The summed E-state index contributed by atoms with van der Waals surface area (Å²) in [5, 5.41) is 0. The van der Waals surface area contributed by atoms with E-state index in [4.69, 9.17) is 5.73 Å². The van der Waals surface area contributed by atoms with E-state index in [1.807, 2.05) is 12.1 Å². The number of hydrogen-bond donors (Lipinski definition) is 1.